The lowest BCUT2D eigenvalue weighted by atomic mass is 10.1. The van der Waals surface area contributed by atoms with Crippen LogP contribution in [0.3, 0.4) is 0 Å². The summed E-state index contributed by atoms with van der Waals surface area (Å²) in [6.45, 7) is 1.57. The van der Waals surface area contributed by atoms with Crippen molar-refractivity contribution < 1.29 is 32.0 Å². The first kappa shape index (κ1) is 21.5. The Hall–Kier alpha value is -3.20. The maximum absolute atomic E-state index is 13.0. The van der Waals surface area contributed by atoms with Crippen LogP contribution in [0.5, 0.6) is 11.5 Å². The lowest BCUT2D eigenvalue weighted by Gasteiger charge is -2.12. The molecule has 1 heterocycles. The molecule has 0 atom stereocenters. The second kappa shape index (κ2) is 8.66. The van der Waals surface area contributed by atoms with E-state index in [0.29, 0.717) is 22.8 Å². The Bertz CT molecular complexity index is 1050. The van der Waals surface area contributed by atoms with Crippen molar-refractivity contribution in [3.8, 4) is 11.5 Å². The topological polar surface area (TPSA) is 73.6 Å². The van der Waals surface area contributed by atoms with E-state index in [1.807, 2.05) is 0 Å². The van der Waals surface area contributed by atoms with Gasteiger partial charge in [-0.25, -0.2) is 0 Å². The van der Waals surface area contributed by atoms with E-state index in [0.717, 1.165) is 12.1 Å². The Kier molecular flexibility index (Phi) is 6.21. The summed E-state index contributed by atoms with van der Waals surface area (Å²) in [5, 5.41) is 5.61. The summed E-state index contributed by atoms with van der Waals surface area (Å²) < 4.78 is 54.8. The second-order valence-corrected chi connectivity index (χ2v) is 6.58. The molecule has 0 radical (unpaired) electrons. The summed E-state index contributed by atoms with van der Waals surface area (Å²) in [5.74, 6) is 0.788. The van der Waals surface area contributed by atoms with Gasteiger partial charge in [0.15, 0.2) is 5.69 Å². The Morgan fingerprint density at radius 2 is 1.83 bits per heavy atom. The number of nitrogens with zero attached hydrogens (tertiary/aromatic N) is 1. The number of alkyl halides is 3. The minimum Gasteiger partial charge on any atom is -0.497 e. The molecule has 0 aliphatic carbocycles. The molecule has 2 aromatic carbocycles. The highest BCUT2D eigenvalue weighted by Crippen LogP contribution is 2.36. The molecule has 0 saturated carbocycles. The fourth-order valence-corrected chi connectivity index (χ4v) is 2.80. The largest absolute Gasteiger partial charge is 0.497 e. The van der Waals surface area contributed by atoms with Crippen LogP contribution in [0.2, 0.25) is 5.02 Å². The molecule has 0 unspecified atom stereocenters. The van der Waals surface area contributed by atoms with Crippen LogP contribution in [0.1, 0.15) is 27.4 Å². The molecule has 1 N–H and O–H groups in total. The number of hydrogen-bond donors (Lipinski definition) is 1. The van der Waals surface area contributed by atoms with Crippen LogP contribution in [-0.2, 0) is 12.8 Å². The van der Waals surface area contributed by atoms with Crippen LogP contribution in [0.25, 0.3) is 0 Å². The molecule has 1 amide bonds. The van der Waals surface area contributed by atoms with Crippen LogP contribution in [0, 0.1) is 6.92 Å². The molecular weight excluding hydrogens is 425 g/mol. The summed E-state index contributed by atoms with van der Waals surface area (Å²) in [6, 6.07) is 9.87. The summed E-state index contributed by atoms with van der Waals surface area (Å²) >= 11 is 5.60. The molecule has 10 heteroatoms. The van der Waals surface area contributed by atoms with Gasteiger partial charge in [0.1, 0.15) is 23.9 Å². The third-order valence-electron chi connectivity index (χ3n) is 4.17. The number of carbonyl (C=O) groups excluding carboxylic acids is 1. The number of rotatable bonds is 6. The van der Waals surface area contributed by atoms with Crippen LogP contribution in [-0.4, -0.2) is 18.2 Å². The molecule has 3 aromatic rings. The Morgan fingerprint density at radius 3 is 2.47 bits per heavy atom. The molecule has 0 saturated heterocycles. The van der Waals surface area contributed by atoms with Gasteiger partial charge in [0.05, 0.1) is 23.3 Å². The monoisotopic (exact) mass is 440 g/mol. The molecule has 1 aromatic heterocycles. The van der Waals surface area contributed by atoms with Crippen molar-refractivity contribution in [1.82, 2.24) is 5.16 Å². The minimum atomic E-state index is -4.65. The highest BCUT2D eigenvalue weighted by atomic mass is 35.5. The highest BCUT2D eigenvalue weighted by molar-refractivity contribution is 6.31. The average Bonchev–Trinajstić information content (AvgIpc) is 3.08. The van der Waals surface area contributed by atoms with Gasteiger partial charge in [0.2, 0.25) is 0 Å². The first-order valence-corrected chi connectivity index (χ1v) is 8.97. The number of carbonyl (C=O) groups is 1. The van der Waals surface area contributed by atoms with Crippen molar-refractivity contribution in [3.63, 3.8) is 0 Å². The van der Waals surface area contributed by atoms with Gasteiger partial charge in [-0.2, -0.15) is 13.2 Å². The summed E-state index contributed by atoms with van der Waals surface area (Å²) in [4.78, 5) is 12.6. The molecule has 0 aliphatic rings. The smallest absolute Gasteiger partial charge is 0.417 e. The molecular formula is C20H16ClF3N2O4. The van der Waals surface area contributed by atoms with Crippen molar-refractivity contribution >= 4 is 23.2 Å². The van der Waals surface area contributed by atoms with Crippen molar-refractivity contribution in [2.24, 2.45) is 0 Å². The zero-order chi connectivity index (χ0) is 21.9. The number of halogens is 4. The fourth-order valence-electron chi connectivity index (χ4n) is 2.58. The Morgan fingerprint density at radius 1 is 1.17 bits per heavy atom. The SMILES string of the molecule is COc1ccc(OCc2c(C(=O)Nc3ccc(Cl)c(C(F)(F)F)c3)noc2C)cc1. The summed E-state index contributed by atoms with van der Waals surface area (Å²) in [6.07, 6.45) is -4.65. The molecule has 0 spiro atoms. The fraction of sp³-hybridized carbons (Fsp3) is 0.200. The number of methoxy groups -OCH3 is 1. The molecule has 0 aliphatic heterocycles. The van der Waals surface area contributed by atoms with E-state index in [1.165, 1.54) is 6.07 Å². The third kappa shape index (κ3) is 4.85. The standard InChI is InChI=1S/C20H16ClF3N2O4/c1-11-15(10-29-14-6-4-13(28-2)5-7-14)18(26-30-11)19(27)25-12-3-8-17(21)16(9-12)20(22,23)24/h3-9H,10H2,1-2H3,(H,25,27). The van der Waals surface area contributed by atoms with E-state index < -0.39 is 22.7 Å². The first-order valence-electron chi connectivity index (χ1n) is 8.59. The number of aryl methyl sites for hydroxylation is 1. The number of amides is 1. The van der Waals surface area contributed by atoms with Crippen LogP contribution < -0.4 is 14.8 Å². The van der Waals surface area contributed by atoms with E-state index in [1.54, 1.807) is 38.3 Å². The van der Waals surface area contributed by atoms with Gasteiger partial charge in [-0.3, -0.25) is 4.79 Å². The second-order valence-electron chi connectivity index (χ2n) is 6.18. The predicted octanol–water partition coefficient (Wildman–Crippen LogP) is 5.50. The maximum Gasteiger partial charge on any atom is 0.417 e. The highest BCUT2D eigenvalue weighted by Gasteiger charge is 2.33. The molecule has 0 bridgehead atoms. The zero-order valence-corrected chi connectivity index (χ0v) is 16.6. The van der Waals surface area contributed by atoms with E-state index in [2.05, 4.69) is 10.5 Å². The molecule has 6 nitrogen and oxygen atoms in total. The molecule has 0 fully saturated rings. The number of nitrogens with one attached hydrogen (secondary N) is 1. The van der Waals surface area contributed by atoms with Gasteiger partial charge in [-0.05, 0) is 49.4 Å². The number of anilines is 1. The van der Waals surface area contributed by atoms with E-state index >= 15 is 0 Å². The van der Waals surface area contributed by atoms with Gasteiger partial charge in [-0.15, -0.1) is 0 Å². The van der Waals surface area contributed by atoms with E-state index in [4.69, 9.17) is 25.6 Å². The van der Waals surface area contributed by atoms with Crippen LogP contribution >= 0.6 is 11.6 Å². The van der Waals surface area contributed by atoms with Gasteiger partial charge in [0, 0.05) is 5.69 Å². The zero-order valence-electron chi connectivity index (χ0n) is 15.8. The quantitative estimate of drug-likeness (QED) is 0.548. The molecule has 3 rings (SSSR count). The molecule has 158 valence electrons. The van der Waals surface area contributed by atoms with Gasteiger partial charge < -0.3 is 19.3 Å². The van der Waals surface area contributed by atoms with Crippen molar-refractivity contribution in [2.75, 3.05) is 12.4 Å². The average molecular weight is 441 g/mol. The van der Waals surface area contributed by atoms with E-state index in [9.17, 15) is 18.0 Å². The predicted molar refractivity (Wildman–Crippen MR) is 103 cm³/mol. The number of hydrogen-bond acceptors (Lipinski definition) is 5. The number of aromatic nitrogens is 1. The lowest BCUT2D eigenvalue weighted by molar-refractivity contribution is -0.137. The third-order valence-corrected chi connectivity index (χ3v) is 4.50. The first-order chi connectivity index (χ1) is 14.2. The number of benzene rings is 2. The van der Waals surface area contributed by atoms with Gasteiger partial charge in [0.25, 0.3) is 5.91 Å². The van der Waals surface area contributed by atoms with Gasteiger partial charge >= 0.3 is 6.18 Å². The Balaban J connectivity index is 1.76. The van der Waals surface area contributed by atoms with Crippen molar-refractivity contribution in [3.05, 3.63) is 70.1 Å². The normalized spacial score (nSPS) is 11.3. The van der Waals surface area contributed by atoms with Crippen molar-refractivity contribution in [1.29, 1.82) is 0 Å². The van der Waals surface area contributed by atoms with Crippen molar-refractivity contribution in [2.45, 2.75) is 19.7 Å². The lowest BCUT2D eigenvalue weighted by Crippen LogP contribution is -2.16. The van der Waals surface area contributed by atoms with Gasteiger partial charge in [-0.1, -0.05) is 16.8 Å². The molecule has 30 heavy (non-hydrogen) atoms. The van der Waals surface area contributed by atoms with E-state index in [-0.39, 0.29) is 18.0 Å². The minimum absolute atomic E-state index is 0.0289. The number of ether oxygens (including phenoxy) is 2. The summed E-state index contributed by atoms with van der Waals surface area (Å²) in [5.41, 5.74) is -0.862. The van der Waals surface area contributed by atoms with Crippen LogP contribution in [0.15, 0.2) is 47.0 Å². The van der Waals surface area contributed by atoms with Crippen LogP contribution in [0.4, 0.5) is 18.9 Å². The maximum atomic E-state index is 13.0. The summed E-state index contributed by atoms with van der Waals surface area (Å²) in [7, 11) is 1.54. The Labute approximate surface area is 174 Å².